The highest BCUT2D eigenvalue weighted by Crippen LogP contribution is 2.37. The summed E-state index contributed by atoms with van der Waals surface area (Å²) in [5.74, 6) is 0.909. The molecule has 0 amide bonds. The first-order chi connectivity index (χ1) is 11.6. The Morgan fingerprint density at radius 3 is 2.52 bits per heavy atom. The zero-order valence-electron chi connectivity index (χ0n) is 16.8. The molecule has 0 aliphatic heterocycles. The van der Waals surface area contributed by atoms with Gasteiger partial charge in [0.15, 0.2) is 8.32 Å². The van der Waals surface area contributed by atoms with Crippen LogP contribution < -0.4 is 10.1 Å². The smallest absolute Gasteiger partial charge is 0.192 e. The predicted octanol–water partition coefficient (Wildman–Crippen LogP) is 4.94. The van der Waals surface area contributed by atoms with Crippen molar-refractivity contribution in [1.82, 2.24) is 10.3 Å². The van der Waals surface area contributed by atoms with E-state index in [4.69, 9.17) is 9.16 Å². The summed E-state index contributed by atoms with van der Waals surface area (Å²) in [7, 11) is -1.84. The number of hydrogen-bond donors (Lipinski definition) is 2. The molecule has 1 aromatic heterocycles. The van der Waals surface area contributed by atoms with E-state index >= 15 is 0 Å². The lowest BCUT2D eigenvalue weighted by Crippen LogP contribution is -2.48. The third kappa shape index (κ3) is 5.33. The van der Waals surface area contributed by atoms with Crippen LogP contribution in [0.2, 0.25) is 18.1 Å². The third-order valence-electron chi connectivity index (χ3n) is 5.00. The average molecular weight is 363 g/mol. The first kappa shape index (κ1) is 20.0. The Bertz CT molecular complexity index is 674. The van der Waals surface area contributed by atoms with Gasteiger partial charge in [0.25, 0.3) is 0 Å². The molecule has 0 radical (unpaired) electrons. The molecule has 4 nitrogen and oxygen atoms in total. The van der Waals surface area contributed by atoms with Crippen LogP contribution in [0.3, 0.4) is 0 Å². The minimum absolute atomic E-state index is 0.0393. The van der Waals surface area contributed by atoms with Crippen LogP contribution >= 0.6 is 0 Å². The number of fused-ring (bicyclic) bond motifs is 1. The van der Waals surface area contributed by atoms with Gasteiger partial charge in [-0.1, -0.05) is 40.7 Å². The summed E-state index contributed by atoms with van der Waals surface area (Å²) in [6.07, 6.45) is 1.99. The van der Waals surface area contributed by atoms with Crippen molar-refractivity contribution in [1.29, 1.82) is 0 Å². The first-order valence-electron chi connectivity index (χ1n) is 9.20. The lowest BCUT2D eigenvalue weighted by atomic mass is 10.2. The standard InChI is InChI=1S/C20H34N2O2Si/c1-15(2)22-13-16(24-25(6,7)20(3,4)5)14-23-19-10-8-9-18-17(19)11-12-21-18/h8-12,15-16,21-22H,13-14H2,1-7H3. The Kier molecular flexibility index (Phi) is 6.35. The van der Waals surface area contributed by atoms with Crippen molar-refractivity contribution < 1.29 is 9.16 Å². The van der Waals surface area contributed by atoms with Crippen molar-refractivity contribution >= 4 is 19.2 Å². The number of rotatable bonds is 8. The van der Waals surface area contributed by atoms with E-state index in [1.54, 1.807) is 0 Å². The van der Waals surface area contributed by atoms with E-state index < -0.39 is 8.32 Å². The second-order valence-corrected chi connectivity index (χ2v) is 13.3. The maximum Gasteiger partial charge on any atom is 0.192 e. The highest BCUT2D eigenvalue weighted by atomic mass is 28.4. The van der Waals surface area contributed by atoms with Gasteiger partial charge in [-0.2, -0.15) is 0 Å². The summed E-state index contributed by atoms with van der Waals surface area (Å²) in [5, 5.41) is 4.80. The van der Waals surface area contributed by atoms with E-state index in [1.807, 2.05) is 18.3 Å². The molecule has 0 saturated heterocycles. The molecule has 1 heterocycles. The molecule has 1 atom stereocenters. The third-order valence-corrected chi connectivity index (χ3v) is 9.54. The molecule has 1 aromatic carbocycles. The molecule has 5 heteroatoms. The van der Waals surface area contributed by atoms with Gasteiger partial charge in [-0.25, -0.2) is 0 Å². The van der Waals surface area contributed by atoms with Gasteiger partial charge >= 0.3 is 0 Å². The van der Waals surface area contributed by atoms with Gasteiger partial charge in [0, 0.05) is 29.7 Å². The van der Waals surface area contributed by atoms with Gasteiger partial charge in [-0.3, -0.25) is 0 Å². The number of ether oxygens (including phenoxy) is 1. The van der Waals surface area contributed by atoms with Crippen LogP contribution in [0.4, 0.5) is 0 Å². The van der Waals surface area contributed by atoms with E-state index in [1.165, 1.54) is 0 Å². The zero-order valence-corrected chi connectivity index (χ0v) is 17.8. The van der Waals surface area contributed by atoms with Crippen molar-refractivity contribution in [3.8, 4) is 5.75 Å². The number of nitrogens with one attached hydrogen (secondary N) is 2. The van der Waals surface area contributed by atoms with Crippen molar-refractivity contribution in [3.63, 3.8) is 0 Å². The van der Waals surface area contributed by atoms with Crippen molar-refractivity contribution in [2.45, 2.75) is 64.9 Å². The highest BCUT2D eigenvalue weighted by molar-refractivity contribution is 6.74. The molecule has 0 spiro atoms. The molecule has 140 valence electrons. The van der Waals surface area contributed by atoms with Crippen molar-refractivity contribution in [3.05, 3.63) is 30.5 Å². The first-order valence-corrected chi connectivity index (χ1v) is 12.1. The van der Waals surface area contributed by atoms with E-state index in [0.29, 0.717) is 12.6 Å². The molecule has 2 aromatic rings. The maximum absolute atomic E-state index is 6.61. The zero-order chi connectivity index (χ0) is 18.7. The molecule has 0 aliphatic rings. The fourth-order valence-corrected chi connectivity index (χ4v) is 3.80. The summed E-state index contributed by atoms with van der Waals surface area (Å²) in [6.45, 7) is 17.1. The molecule has 0 bridgehead atoms. The molecular weight excluding hydrogens is 328 g/mol. The van der Waals surface area contributed by atoms with Gasteiger partial charge in [0.2, 0.25) is 0 Å². The molecule has 1 unspecified atom stereocenters. The summed E-state index contributed by atoms with van der Waals surface area (Å²) in [5.41, 5.74) is 1.10. The Labute approximate surface area is 153 Å². The minimum Gasteiger partial charge on any atom is -0.490 e. The maximum atomic E-state index is 6.61. The van der Waals surface area contributed by atoms with Crippen LogP contribution in [0.15, 0.2) is 30.5 Å². The van der Waals surface area contributed by atoms with Crippen LogP contribution in [-0.2, 0) is 4.43 Å². The van der Waals surface area contributed by atoms with E-state index in [-0.39, 0.29) is 11.1 Å². The second-order valence-electron chi connectivity index (χ2n) is 8.57. The van der Waals surface area contributed by atoms with Crippen molar-refractivity contribution in [2.24, 2.45) is 0 Å². The van der Waals surface area contributed by atoms with Crippen LogP contribution in [0.5, 0.6) is 5.75 Å². The van der Waals surface area contributed by atoms with Gasteiger partial charge in [-0.15, -0.1) is 0 Å². The van der Waals surface area contributed by atoms with E-state index in [2.05, 4.69) is 70.1 Å². The normalized spacial score (nSPS) is 14.2. The fraction of sp³-hybridized carbons (Fsp3) is 0.600. The number of H-pyrrole nitrogens is 1. The highest BCUT2D eigenvalue weighted by Gasteiger charge is 2.39. The largest absolute Gasteiger partial charge is 0.490 e. The SMILES string of the molecule is CC(C)NCC(COc1cccc2[nH]ccc12)O[Si](C)(C)C(C)(C)C. The minimum atomic E-state index is -1.84. The molecular formula is C20H34N2O2Si. The topological polar surface area (TPSA) is 46.3 Å². The van der Waals surface area contributed by atoms with Gasteiger partial charge < -0.3 is 19.5 Å². The molecule has 0 aliphatic carbocycles. The van der Waals surface area contributed by atoms with Crippen molar-refractivity contribution in [2.75, 3.05) is 13.2 Å². The van der Waals surface area contributed by atoms with Gasteiger partial charge in [0.05, 0.1) is 6.10 Å². The van der Waals surface area contributed by atoms with Crippen LogP contribution in [0.25, 0.3) is 10.9 Å². The summed E-state index contributed by atoms with van der Waals surface area (Å²) in [4.78, 5) is 3.23. The number of aromatic amines is 1. The predicted molar refractivity (Wildman–Crippen MR) is 109 cm³/mol. The Hall–Kier alpha value is -1.30. The Morgan fingerprint density at radius 1 is 1.16 bits per heavy atom. The summed E-state index contributed by atoms with van der Waals surface area (Å²) >= 11 is 0. The number of hydrogen-bond acceptors (Lipinski definition) is 3. The molecule has 25 heavy (non-hydrogen) atoms. The van der Waals surface area contributed by atoms with Gasteiger partial charge in [-0.05, 0) is 36.3 Å². The molecule has 2 N–H and O–H groups in total. The quantitative estimate of drug-likeness (QED) is 0.654. The molecule has 0 fully saturated rings. The summed E-state index contributed by atoms with van der Waals surface area (Å²) in [6, 6.07) is 8.59. The average Bonchev–Trinajstić information content (AvgIpc) is 2.97. The molecule has 0 saturated carbocycles. The monoisotopic (exact) mass is 362 g/mol. The molecule has 2 rings (SSSR count). The van der Waals surface area contributed by atoms with Crippen LogP contribution in [0, 0.1) is 0 Å². The number of aromatic nitrogens is 1. The van der Waals surface area contributed by atoms with E-state index in [9.17, 15) is 0 Å². The van der Waals surface area contributed by atoms with E-state index in [0.717, 1.165) is 23.2 Å². The Morgan fingerprint density at radius 2 is 1.88 bits per heavy atom. The van der Waals surface area contributed by atoms with Crippen LogP contribution in [0.1, 0.15) is 34.6 Å². The lowest BCUT2D eigenvalue weighted by Gasteiger charge is -2.39. The summed E-state index contributed by atoms with van der Waals surface area (Å²) < 4.78 is 12.8. The van der Waals surface area contributed by atoms with Gasteiger partial charge in [0.1, 0.15) is 12.4 Å². The lowest BCUT2D eigenvalue weighted by molar-refractivity contribution is 0.113. The van der Waals surface area contributed by atoms with Crippen LogP contribution in [-0.4, -0.2) is 38.6 Å². The Balaban J connectivity index is 2.09. The number of benzene rings is 1. The fourth-order valence-electron chi connectivity index (χ4n) is 2.46. The second kappa shape index (κ2) is 7.93.